The number of primary amides is 1. The van der Waals surface area contributed by atoms with Crippen LogP contribution in [0.15, 0.2) is 0 Å². The standard InChI is InChI=1S/C10H21N3O2/c1-4-6-12-9(14)8(7(3)5-2)13-10(11)15/h7-8H,4-6H2,1-3H3,(H,12,14)(H3,11,13,15)/t7-,8-/m1/s1. The van der Waals surface area contributed by atoms with E-state index in [0.717, 1.165) is 12.8 Å². The highest BCUT2D eigenvalue weighted by Gasteiger charge is 2.24. The third kappa shape index (κ3) is 5.24. The Morgan fingerprint density at radius 2 is 1.93 bits per heavy atom. The van der Waals surface area contributed by atoms with Crippen molar-refractivity contribution in [2.45, 2.75) is 39.7 Å². The highest BCUT2D eigenvalue weighted by atomic mass is 16.2. The van der Waals surface area contributed by atoms with E-state index in [4.69, 9.17) is 5.73 Å². The molecule has 3 amide bonds. The Morgan fingerprint density at radius 1 is 1.33 bits per heavy atom. The number of hydrogen-bond donors (Lipinski definition) is 3. The molecule has 0 saturated carbocycles. The van der Waals surface area contributed by atoms with Crippen LogP contribution >= 0.6 is 0 Å². The molecule has 4 N–H and O–H groups in total. The molecule has 0 saturated heterocycles. The van der Waals surface area contributed by atoms with Crippen molar-refractivity contribution in [1.82, 2.24) is 10.6 Å². The quantitative estimate of drug-likeness (QED) is 0.606. The molecular formula is C10H21N3O2. The Morgan fingerprint density at radius 3 is 2.33 bits per heavy atom. The monoisotopic (exact) mass is 215 g/mol. The fourth-order valence-corrected chi connectivity index (χ4v) is 1.21. The van der Waals surface area contributed by atoms with Crippen molar-refractivity contribution in [2.75, 3.05) is 6.54 Å². The van der Waals surface area contributed by atoms with Gasteiger partial charge in [0.05, 0.1) is 0 Å². The number of rotatable bonds is 6. The van der Waals surface area contributed by atoms with Crippen molar-refractivity contribution >= 4 is 11.9 Å². The lowest BCUT2D eigenvalue weighted by Gasteiger charge is -2.22. The molecule has 0 aliphatic carbocycles. The molecule has 0 aliphatic heterocycles. The van der Waals surface area contributed by atoms with E-state index in [1.165, 1.54) is 0 Å². The smallest absolute Gasteiger partial charge is 0.312 e. The zero-order chi connectivity index (χ0) is 11.8. The molecule has 0 radical (unpaired) electrons. The van der Waals surface area contributed by atoms with Gasteiger partial charge in [-0.1, -0.05) is 27.2 Å². The predicted molar refractivity (Wildman–Crippen MR) is 59.3 cm³/mol. The normalized spacial score (nSPS) is 14.1. The van der Waals surface area contributed by atoms with E-state index in [9.17, 15) is 9.59 Å². The van der Waals surface area contributed by atoms with Crippen LogP contribution in [-0.4, -0.2) is 24.5 Å². The van der Waals surface area contributed by atoms with Gasteiger partial charge < -0.3 is 16.4 Å². The lowest BCUT2D eigenvalue weighted by molar-refractivity contribution is -0.124. The fraction of sp³-hybridized carbons (Fsp3) is 0.800. The first-order valence-corrected chi connectivity index (χ1v) is 5.36. The van der Waals surface area contributed by atoms with E-state index in [0.29, 0.717) is 6.54 Å². The van der Waals surface area contributed by atoms with Gasteiger partial charge in [-0.15, -0.1) is 0 Å². The molecule has 0 aromatic carbocycles. The van der Waals surface area contributed by atoms with Gasteiger partial charge in [-0.05, 0) is 12.3 Å². The zero-order valence-electron chi connectivity index (χ0n) is 9.67. The Hall–Kier alpha value is -1.26. The number of nitrogens with one attached hydrogen (secondary N) is 2. The van der Waals surface area contributed by atoms with Gasteiger partial charge in [0.15, 0.2) is 0 Å². The van der Waals surface area contributed by atoms with Crippen LogP contribution in [-0.2, 0) is 4.79 Å². The maximum absolute atomic E-state index is 11.7. The summed E-state index contributed by atoms with van der Waals surface area (Å²) in [4.78, 5) is 22.4. The van der Waals surface area contributed by atoms with Crippen molar-refractivity contribution in [3.05, 3.63) is 0 Å². The number of nitrogens with two attached hydrogens (primary N) is 1. The highest BCUT2D eigenvalue weighted by molar-refractivity contribution is 5.86. The largest absolute Gasteiger partial charge is 0.354 e. The molecule has 0 unspecified atom stereocenters. The van der Waals surface area contributed by atoms with Gasteiger partial charge in [-0.25, -0.2) is 4.79 Å². The number of carbonyl (C=O) groups is 2. The summed E-state index contributed by atoms with van der Waals surface area (Å²) in [5, 5.41) is 5.21. The summed E-state index contributed by atoms with van der Waals surface area (Å²) in [7, 11) is 0. The van der Waals surface area contributed by atoms with Crippen molar-refractivity contribution in [3.63, 3.8) is 0 Å². The maximum Gasteiger partial charge on any atom is 0.312 e. The average molecular weight is 215 g/mol. The van der Waals surface area contributed by atoms with Crippen LogP contribution in [0.1, 0.15) is 33.6 Å². The fourth-order valence-electron chi connectivity index (χ4n) is 1.21. The van der Waals surface area contributed by atoms with Crippen LogP contribution in [0.4, 0.5) is 4.79 Å². The van der Waals surface area contributed by atoms with E-state index < -0.39 is 12.1 Å². The molecule has 0 bridgehead atoms. The average Bonchev–Trinajstić information content (AvgIpc) is 2.21. The van der Waals surface area contributed by atoms with Gasteiger partial charge in [0.25, 0.3) is 0 Å². The number of carbonyl (C=O) groups excluding carboxylic acids is 2. The molecule has 0 aromatic rings. The number of hydrogen-bond acceptors (Lipinski definition) is 2. The van der Waals surface area contributed by atoms with Crippen LogP contribution in [0.3, 0.4) is 0 Å². The van der Waals surface area contributed by atoms with Gasteiger partial charge >= 0.3 is 6.03 Å². The first-order valence-electron chi connectivity index (χ1n) is 5.36. The van der Waals surface area contributed by atoms with Crippen molar-refractivity contribution in [2.24, 2.45) is 11.7 Å². The van der Waals surface area contributed by atoms with Gasteiger partial charge in [-0.3, -0.25) is 4.79 Å². The molecular weight excluding hydrogens is 194 g/mol. The van der Waals surface area contributed by atoms with Gasteiger partial charge in [0.2, 0.25) is 5.91 Å². The van der Waals surface area contributed by atoms with E-state index in [1.54, 1.807) is 0 Å². The molecule has 0 fully saturated rings. The summed E-state index contributed by atoms with van der Waals surface area (Å²) < 4.78 is 0. The van der Waals surface area contributed by atoms with Crippen LogP contribution in [0, 0.1) is 5.92 Å². The van der Waals surface area contributed by atoms with Crippen LogP contribution in [0.2, 0.25) is 0 Å². The van der Waals surface area contributed by atoms with Gasteiger partial charge in [-0.2, -0.15) is 0 Å². The molecule has 5 heteroatoms. The first-order chi connectivity index (χ1) is 7.02. The van der Waals surface area contributed by atoms with Gasteiger partial charge in [0.1, 0.15) is 6.04 Å². The second kappa shape index (κ2) is 7.09. The molecule has 5 nitrogen and oxygen atoms in total. The van der Waals surface area contributed by atoms with E-state index in [1.807, 2.05) is 20.8 Å². The SMILES string of the molecule is CCCNC(=O)[C@H](NC(N)=O)[C@H](C)CC. The maximum atomic E-state index is 11.7. The third-order valence-corrected chi connectivity index (χ3v) is 2.34. The minimum absolute atomic E-state index is 0.0781. The molecule has 0 heterocycles. The number of amides is 3. The summed E-state index contributed by atoms with van der Waals surface area (Å²) in [5.74, 6) is -0.0839. The second-order valence-corrected chi connectivity index (χ2v) is 3.66. The Balaban J connectivity index is 4.33. The third-order valence-electron chi connectivity index (χ3n) is 2.34. The summed E-state index contributed by atoms with van der Waals surface area (Å²) in [6.07, 6.45) is 1.68. The molecule has 2 atom stereocenters. The second-order valence-electron chi connectivity index (χ2n) is 3.66. The molecule has 15 heavy (non-hydrogen) atoms. The number of urea groups is 1. The van der Waals surface area contributed by atoms with E-state index in [-0.39, 0.29) is 11.8 Å². The topological polar surface area (TPSA) is 84.2 Å². The highest BCUT2D eigenvalue weighted by Crippen LogP contribution is 2.07. The van der Waals surface area contributed by atoms with Crippen LogP contribution < -0.4 is 16.4 Å². The van der Waals surface area contributed by atoms with Gasteiger partial charge in [0, 0.05) is 6.54 Å². The predicted octanol–water partition coefficient (Wildman–Crippen LogP) is 0.596. The summed E-state index contributed by atoms with van der Waals surface area (Å²) in [6, 6.07) is -1.19. The summed E-state index contributed by atoms with van der Waals surface area (Å²) in [6.45, 7) is 6.46. The lowest BCUT2D eigenvalue weighted by Crippen LogP contribution is -2.51. The Labute approximate surface area is 90.8 Å². The van der Waals surface area contributed by atoms with Crippen molar-refractivity contribution in [3.8, 4) is 0 Å². The Kier molecular flexibility index (Phi) is 6.49. The molecule has 0 spiro atoms. The Bertz CT molecular complexity index is 219. The minimum atomic E-state index is -0.660. The molecule has 0 aliphatic rings. The molecule has 0 aromatic heterocycles. The molecule has 88 valence electrons. The minimum Gasteiger partial charge on any atom is -0.354 e. The van der Waals surface area contributed by atoms with E-state index >= 15 is 0 Å². The van der Waals surface area contributed by atoms with Crippen molar-refractivity contribution < 1.29 is 9.59 Å². The lowest BCUT2D eigenvalue weighted by atomic mass is 9.98. The zero-order valence-corrected chi connectivity index (χ0v) is 9.67. The van der Waals surface area contributed by atoms with Crippen LogP contribution in [0.25, 0.3) is 0 Å². The van der Waals surface area contributed by atoms with Crippen molar-refractivity contribution in [1.29, 1.82) is 0 Å². The summed E-state index contributed by atoms with van der Waals surface area (Å²) in [5.41, 5.74) is 5.02. The molecule has 0 rings (SSSR count). The van der Waals surface area contributed by atoms with Crippen LogP contribution in [0.5, 0.6) is 0 Å². The first kappa shape index (κ1) is 13.7. The van der Waals surface area contributed by atoms with E-state index in [2.05, 4.69) is 10.6 Å². The summed E-state index contributed by atoms with van der Waals surface area (Å²) >= 11 is 0.